The van der Waals surface area contributed by atoms with Crippen molar-refractivity contribution < 1.29 is 24.5 Å². The van der Waals surface area contributed by atoms with Crippen LogP contribution < -0.4 is 4.74 Å². The van der Waals surface area contributed by atoms with Crippen LogP contribution in [-0.2, 0) is 9.59 Å². The highest BCUT2D eigenvalue weighted by Gasteiger charge is 2.06. The second-order valence-electron chi connectivity index (χ2n) is 3.04. The molecule has 0 saturated carbocycles. The highest BCUT2D eigenvalue weighted by Crippen LogP contribution is 2.28. The summed E-state index contributed by atoms with van der Waals surface area (Å²) in [5.41, 5.74) is 0.741. The molecule has 88 valence electrons. The van der Waals surface area contributed by atoms with Gasteiger partial charge in [-0.15, -0.1) is 0 Å². The molecule has 0 aromatic heterocycles. The van der Waals surface area contributed by atoms with E-state index in [-0.39, 0.29) is 11.5 Å². The molecule has 0 atom stereocenters. The Balaban J connectivity index is 0.000000487. The molecule has 0 aliphatic heterocycles. The number of ether oxygens (including phenoxy) is 1. The quantitative estimate of drug-likeness (QED) is 0.562. The first-order valence-electron chi connectivity index (χ1n) is 4.51. The number of esters is 1. The molecule has 16 heavy (non-hydrogen) atoms. The van der Waals surface area contributed by atoms with Gasteiger partial charge in [0.1, 0.15) is 0 Å². The van der Waals surface area contributed by atoms with Gasteiger partial charge in [0, 0.05) is 13.8 Å². The van der Waals surface area contributed by atoms with Crippen LogP contribution in [0.4, 0.5) is 0 Å². The van der Waals surface area contributed by atoms with E-state index < -0.39 is 11.9 Å². The zero-order chi connectivity index (χ0) is 12.7. The molecule has 0 saturated heterocycles. The molecule has 2 N–H and O–H groups in total. The van der Waals surface area contributed by atoms with Gasteiger partial charge in [-0.25, -0.2) is 0 Å². The molecule has 0 aliphatic carbocycles. The average Bonchev–Trinajstić information content (AvgIpc) is 2.10. The van der Waals surface area contributed by atoms with Gasteiger partial charge in [0.25, 0.3) is 5.97 Å². The number of carboxylic acid groups (broad SMARTS) is 1. The summed E-state index contributed by atoms with van der Waals surface area (Å²) in [6.45, 7) is 4.14. The summed E-state index contributed by atoms with van der Waals surface area (Å²) in [6.07, 6.45) is 0. The van der Waals surface area contributed by atoms with Crippen molar-refractivity contribution in [1.29, 1.82) is 0 Å². The van der Waals surface area contributed by atoms with E-state index in [2.05, 4.69) is 0 Å². The lowest BCUT2D eigenvalue weighted by Crippen LogP contribution is -2.02. The molecular formula is C11H14O5. The normalized spacial score (nSPS) is 8.69. The van der Waals surface area contributed by atoms with Gasteiger partial charge < -0.3 is 14.9 Å². The van der Waals surface area contributed by atoms with Crippen LogP contribution in [0.2, 0.25) is 0 Å². The number of carbonyl (C=O) groups excluding carboxylic acids is 1. The maximum atomic E-state index is 10.6. The van der Waals surface area contributed by atoms with E-state index in [1.807, 2.05) is 0 Å². The van der Waals surface area contributed by atoms with E-state index in [9.17, 15) is 9.90 Å². The van der Waals surface area contributed by atoms with Gasteiger partial charge in [0.15, 0.2) is 11.5 Å². The monoisotopic (exact) mass is 226 g/mol. The second kappa shape index (κ2) is 6.44. The Morgan fingerprint density at radius 2 is 1.75 bits per heavy atom. The van der Waals surface area contributed by atoms with Crippen LogP contribution in [0.3, 0.4) is 0 Å². The molecule has 0 fully saturated rings. The minimum Gasteiger partial charge on any atom is -0.504 e. The van der Waals surface area contributed by atoms with E-state index in [0.717, 1.165) is 12.5 Å². The first-order valence-corrected chi connectivity index (χ1v) is 4.51. The van der Waals surface area contributed by atoms with Crippen LogP contribution in [0.15, 0.2) is 18.2 Å². The summed E-state index contributed by atoms with van der Waals surface area (Å²) in [4.78, 5) is 19.6. The van der Waals surface area contributed by atoms with E-state index in [4.69, 9.17) is 14.6 Å². The topological polar surface area (TPSA) is 83.8 Å². The molecular weight excluding hydrogens is 212 g/mol. The fourth-order valence-electron chi connectivity index (χ4n) is 0.913. The summed E-state index contributed by atoms with van der Waals surface area (Å²) < 4.78 is 4.79. The molecule has 5 heteroatoms. The number of carboxylic acids is 1. The van der Waals surface area contributed by atoms with Crippen LogP contribution in [0.5, 0.6) is 11.5 Å². The molecule has 1 rings (SSSR count). The predicted molar refractivity (Wildman–Crippen MR) is 57.5 cm³/mol. The smallest absolute Gasteiger partial charge is 0.308 e. The number of phenolic OH excluding ortho intramolecular Hbond substituents is 1. The molecule has 0 radical (unpaired) electrons. The molecule has 0 unspecified atom stereocenters. The zero-order valence-electron chi connectivity index (χ0n) is 9.35. The number of aromatic hydroxyl groups is 1. The predicted octanol–water partition coefficient (Wildman–Crippen LogP) is 1.72. The van der Waals surface area contributed by atoms with E-state index >= 15 is 0 Å². The van der Waals surface area contributed by atoms with Crippen LogP contribution in [0, 0.1) is 6.92 Å². The molecule has 0 aliphatic rings. The lowest BCUT2D eigenvalue weighted by atomic mass is 10.2. The highest BCUT2D eigenvalue weighted by atomic mass is 16.5. The summed E-state index contributed by atoms with van der Waals surface area (Å²) in [5.74, 6) is -1.03. The van der Waals surface area contributed by atoms with Gasteiger partial charge in [-0.2, -0.15) is 0 Å². The van der Waals surface area contributed by atoms with Crippen molar-refractivity contribution >= 4 is 11.9 Å². The molecule has 0 spiro atoms. The van der Waals surface area contributed by atoms with Gasteiger partial charge >= 0.3 is 5.97 Å². The van der Waals surface area contributed by atoms with Gasteiger partial charge in [-0.05, 0) is 18.6 Å². The number of para-hydroxylation sites is 1. The maximum Gasteiger partial charge on any atom is 0.308 e. The third-order valence-corrected chi connectivity index (χ3v) is 1.44. The number of hydrogen-bond acceptors (Lipinski definition) is 4. The largest absolute Gasteiger partial charge is 0.504 e. The van der Waals surface area contributed by atoms with Crippen molar-refractivity contribution in [3.05, 3.63) is 23.8 Å². The minimum absolute atomic E-state index is 0.00907. The fraction of sp³-hybridized carbons (Fsp3) is 0.273. The Bertz CT molecular complexity index is 360. The van der Waals surface area contributed by atoms with E-state index in [0.29, 0.717) is 0 Å². The lowest BCUT2D eigenvalue weighted by molar-refractivity contribution is -0.134. The number of aliphatic carboxylic acids is 1. The molecule has 1 aromatic carbocycles. The standard InChI is InChI=1S/C9H10O3.C2H4O2/c1-6-4-3-5-8(11)9(6)12-7(2)10;1-2(3)4/h3-5,11H,1-2H3;1H3,(H,3,4). The van der Waals surface area contributed by atoms with Crippen molar-refractivity contribution in [2.24, 2.45) is 0 Å². The summed E-state index contributed by atoms with van der Waals surface area (Å²) in [7, 11) is 0. The van der Waals surface area contributed by atoms with Crippen LogP contribution >= 0.6 is 0 Å². The van der Waals surface area contributed by atoms with Gasteiger partial charge in [-0.1, -0.05) is 12.1 Å². The van der Waals surface area contributed by atoms with Gasteiger partial charge in [-0.3, -0.25) is 9.59 Å². The Morgan fingerprint density at radius 1 is 1.25 bits per heavy atom. The molecule has 1 aromatic rings. The first-order chi connectivity index (χ1) is 7.34. The van der Waals surface area contributed by atoms with Crippen LogP contribution in [-0.4, -0.2) is 22.2 Å². The van der Waals surface area contributed by atoms with Crippen molar-refractivity contribution in [3.8, 4) is 11.5 Å². The van der Waals surface area contributed by atoms with Crippen molar-refractivity contribution in [2.45, 2.75) is 20.8 Å². The van der Waals surface area contributed by atoms with Crippen molar-refractivity contribution in [2.75, 3.05) is 0 Å². The fourth-order valence-corrected chi connectivity index (χ4v) is 0.913. The third kappa shape index (κ3) is 5.64. The van der Waals surface area contributed by atoms with Crippen LogP contribution in [0.1, 0.15) is 19.4 Å². The Labute approximate surface area is 93.3 Å². The zero-order valence-corrected chi connectivity index (χ0v) is 9.35. The first kappa shape index (κ1) is 14.0. The number of carbonyl (C=O) groups is 2. The number of benzene rings is 1. The average molecular weight is 226 g/mol. The minimum atomic E-state index is -0.833. The van der Waals surface area contributed by atoms with Crippen molar-refractivity contribution in [3.63, 3.8) is 0 Å². The molecule has 5 nitrogen and oxygen atoms in total. The highest BCUT2D eigenvalue weighted by molar-refractivity contribution is 5.71. The Morgan fingerprint density at radius 3 is 2.12 bits per heavy atom. The molecule has 0 amide bonds. The number of rotatable bonds is 1. The van der Waals surface area contributed by atoms with Crippen molar-refractivity contribution in [1.82, 2.24) is 0 Å². The number of phenols is 1. The third-order valence-electron chi connectivity index (χ3n) is 1.44. The maximum absolute atomic E-state index is 10.6. The van der Waals surface area contributed by atoms with Crippen LogP contribution in [0.25, 0.3) is 0 Å². The molecule has 0 bridgehead atoms. The Hall–Kier alpha value is -2.04. The SMILES string of the molecule is CC(=O)O.CC(=O)Oc1c(C)cccc1O. The van der Waals surface area contributed by atoms with Gasteiger partial charge in [0.2, 0.25) is 0 Å². The summed E-state index contributed by atoms with van der Waals surface area (Å²) in [6, 6.07) is 4.93. The van der Waals surface area contributed by atoms with E-state index in [1.54, 1.807) is 19.1 Å². The lowest BCUT2D eigenvalue weighted by Gasteiger charge is -2.06. The Kier molecular flexibility index (Phi) is 5.62. The van der Waals surface area contributed by atoms with Gasteiger partial charge in [0.05, 0.1) is 0 Å². The second-order valence-corrected chi connectivity index (χ2v) is 3.04. The number of aryl methyl sites for hydroxylation is 1. The number of hydrogen-bond donors (Lipinski definition) is 2. The molecule has 0 heterocycles. The van der Waals surface area contributed by atoms with E-state index in [1.165, 1.54) is 13.0 Å². The summed E-state index contributed by atoms with van der Waals surface area (Å²) in [5, 5.41) is 16.7. The summed E-state index contributed by atoms with van der Waals surface area (Å²) >= 11 is 0.